The Hall–Kier alpha value is -2.92. The fourth-order valence-corrected chi connectivity index (χ4v) is 6.04. The van der Waals surface area contributed by atoms with Crippen LogP contribution in [0.5, 0.6) is 5.75 Å². The van der Waals surface area contributed by atoms with E-state index in [1.807, 2.05) is 28.8 Å². The standard InChI is InChI=1S/C21H24N6O4S/c1-22-19-23-14-5-3-4-6-15(14)27(19)20-24-17(21(7-8-21)32(2,28)29)16-18(25-20)26-9-10-30-11-13(26)12-31-16/h3-6,13H,7-12H2,1-2H3,(H,22,23). The molecule has 1 atom stereocenters. The quantitative estimate of drug-likeness (QED) is 0.624. The zero-order valence-electron chi connectivity index (χ0n) is 17.9. The molecule has 1 aromatic carbocycles. The third-order valence-electron chi connectivity index (χ3n) is 6.59. The molecule has 0 amide bonds. The summed E-state index contributed by atoms with van der Waals surface area (Å²) in [6.07, 6.45) is 2.32. The first-order chi connectivity index (χ1) is 15.4. The van der Waals surface area contributed by atoms with E-state index >= 15 is 0 Å². The van der Waals surface area contributed by atoms with Gasteiger partial charge in [-0.25, -0.2) is 23.0 Å². The van der Waals surface area contributed by atoms with Crippen LogP contribution in [0.1, 0.15) is 18.5 Å². The largest absolute Gasteiger partial charge is 0.486 e. The molecule has 6 rings (SSSR count). The van der Waals surface area contributed by atoms with Crippen LogP contribution in [0.25, 0.3) is 17.0 Å². The van der Waals surface area contributed by atoms with Gasteiger partial charge in [-0.2, -0.15) is 4.98 Å². The average molecular weight is 457 g/mol. The summed E-state index contributed by atoms with van der Waals surface area (Å²) in [5.41, 5.74) is 2.08. The van der Waals surface area contributed by atoms with E-state index < -0.39 is 14.6 Å². The van der Waals surface area contributed by atoms with Crippen molar-refractivity contribution in [2.45, 2.75) is 23.6 Å². The lowest BCUT2D eigenvalue weighted by Crippen LogP contribution is -2.52. The van der Waals surface area contributed by atoms with Crippen molar-refractivity contribution in [3.8, 4) is 11.7 Å². The van der Waals surface area contributed by atoms with Crippen molar-refractivity contribution in [2.75, 3.05) is 49.9 Å². The normalized spacial score (nSPS) is 21.6. The van der Waals surface area contributed by atoms with Gasteiger partial charge in [-0.15, -0.1) is 0 Å². The smallest absolute Gasteiger partial charge is 0.239 e. The van der Waals surface area contributed by atoms with Crippen LogP contribution in [0.15, 0.2) is 24.3 Å². The molecule has 1 saturated heterocycles. The van der Waals surface area contributed by atoms with E-state index in [9.17, 15) is 8.42 Å². The van der Waals surface area contributed by atoms with E-state index in [2.05, 4.69) is 15.2 Å². The number of hydrogen-bond donors (Lipinski definition) is 1. The summed E-state index contributed by atoms with van der Waals surface area (Å²) in [7, 11) is -1.62. The Balaban J connectivity index is 1.64. The lowest BCUT2D eigenvalue weighted by Gasteiger charge is -2.41. The van der Waals surface area contributed by atoms with Crippen LogP contribution in [-0.4, -0.2) is 73.6 Å². The molecule has 168 valence electrons. The second-order valence-electron chi connectivity index (χ2n) is 8.53. The number of ether oxygens (including phenoxy) is 2. The number of morpholine rings is 1. The lowest BCUT2D eigenvalue weighted by molar-refractivity contribution is 0.0692. The molecular formula is C21H24N6O4S. The minimum absolute atomic E-state index is 0.0311. The highest BCUT2D eigenvalue weighted by molar-refractivity contribution is 7.92. The van der Waals surface area contributed by atoms with Gasteiger partial charge in [0.05, 0.1) is 30.3 Å². The van der Waals surface area contributed by atoms with Crippen LogP contribution >= 0.6 is 0 Å². The Kier molecular flexibility index (Phi) is 4.19. The second-order valence-corrected chi connectivity index (χ2v) is 10.9. The molecular weight excluding hydrogens is 432 g/mol. The molecule has 32 heavy (non-hydrogen) atoms. The Morgan fingerprint density at radius 3 is 2.72 bits per heavy atom. The van der Waals surface area contributed by atoms with Crippen molar-refractivity contribution < 1.29 is 17.9 Å². The van der Waals surface area contributed by atoms with Crippen molar-refractivity contribution in [1.82, 2.24) is 19.5 Å². The number of anilines is 2. The predicted octanol–water partition coefficient (Wildman–Crippen LogP) is 1.49. The fraction of sp³-hybridized carbons (Fsp3) is 0.476. The van der Waals surface area contributed by atoms with Crippen molar-refractivity contribution in [3.63, 3.8) is 0 Å². The molecule has 0 radical (unpaired) electrons. The number of nitrogens with one attached hydrogen (secondary N) is 1. The van der Waals surface area contributed by atoms with Gasteiger partial charge in [-0.05, 0) is 25.0 Å². The number of rotatable bonds is 4. The van der Waals surface area contributed by atoms with E-state index in [4.69, 9.17) is 19.4 Å². The van der Waals surface area contributed by atoms with Gasteiger partial charge in [0.1, 0.15) is 17.0 Å². The molecule has 4 heterocycles. The van der Waals surface area contributed by atoms with Crippen molar-refractivity contribution in [3.05, 3.63) is 30.0 Å². The van der Waals surface area contributed by atoms with E-state index in [0.29, 0.717) is 68.4 Å². The van der Waals surface area contributed by atoms with Gasteiger partial charge in [0.25, 0.3) is 0 Å². The highest BCUT2D eigenvalue weighted by Crippen LogP contribution is 2.56. The van der Waals surface area contributed by atoms with E-state index in [1.165, 1.54) is 6.26 Å². The third-order valence-corrected chi connectivity index (χ3v) is 8.61. The first-order valence-electron chi connectivity index (χ1n) is 10.7. The number of sulfone groups is 1. The number of aromatic nitrogens is 4. The molecule has 2 aromatic heterocycles. The number of para-hydroxylation sites is 2. The Morgan fingerprint density at radius 1 is 1.16 bits per heavy atom. The maximum Gasteiger partial charge on any atom is 0.239 e. The van der Waals surface area contributed by atoms with Gasteiger partial charge in [-0.3, -0.25) is 0 Å². The molecule has 1 N–H and O–H groups in total. The summed E-state index contributed by atoms with van der Waals surface area (Å²) in [6.45, 7) is 2.20. The number of imidazole rings is 1. The predicted molar refractivity (Wildman–Crippen MR) is 119 cm³/mol. The van der Waals surface area contributed by atoms with Gasteiger partial charge in [-0.1, -0.05) is 12.1 Å². The zero-order chi connectivity index (χ0) is 22.1. The van der Waals surface area contributed by atoms with Crippen LogP contribution in [0.3, 0.4) is 0 Å². The first kappa shape index (κ1) is 19.7. The fourth-order valence-electron chi connectivity index (χ4n) is 4.71. The molecule has 1 unspecified atom stereocenters. The molecule has 11 heteroatoms. The van der Waals surface area contributed by atoms with Crippen LogP contribution in [0.4, 0.5) is 11.8 Å². The highest BCUT2D eigenvalue weighted by atomic mass is 32.2. The molecule has 3 aromatic rings. The summed E-state index contributed by atoms with van der Waals surface area (Å²) in [4.78, 5) is 16.5. The molecule has 10 nitrogen and oxygen atoms in total. The molecule has 2 aliphatic heterocycles. The number of fused-ring (bicyclic) bond motifs is 4. The molecule has 1 saturated carbocycles. The topological polar surface area (TPSA) is 111 Å². The molecule has 0 bridgehead atoms. The second kappa shape index (κ2) is 6.79. The summed E-state index contributed by atoms with van der Waals surface area (Å²) >= 11 is 0. The van der Waals surface area contributed by atoms with Crippen LogP contribution in [0, 0.1) is 0 Å². The van der Waals surface area contributed by atoms with Crippen molar-refractivity contribution in [1.29, 1.82) is 0 Å². The number of nitrogens with zero attached hydrogens (tertiary/aromatic N) is 5. The van der Waals surface area contributed by atoms with Gasteiger partial charge in [0, 0.05) is 19.8 Å². The van der Waals surface area contributed by atoms with E-state index in [0.717, 1.165) is 11.0 Å². The van der Waals surface area contributed by atoms with Crippen LogP contribution in [-0.2, 0) is 19.3 Å². The minimum Gasteiger partial charge on any atom is -0.486 e. The Morgan fingerprint density at radius 2 is 1.97 bits per heavy atom. The van der Waals surface area contributed by atoms with E-state index in [-0.39, 0.29) is 6.04 Å². The Bertz CT molecular complexity index is 1330. The molecule has 0 spiro atoms. The molecule has 2 fully saturated rings. The van der Waals surface area contributed by atoms with Gasteiger partial charge >= 0.3 is 0 Å². The monoisotopic (exact) mass is 456 g/mol. The third kappa shape index (κ3) is 2.73. The van der Waals surface area contributed by atoms with Crippen molar-refractivity contribution in [2.24, 2.45) is 0 Å². The summed E-state index contributed by atoms with van der Waals surface area (Å²) < 4.78 is 38.2. The van der Waals surface area contributed by atoms with E-state index in [1.54, 1.807) is 7.05 Å². The average Bonchev–Trinajstić information content (AvgIpc) is 3.53. The molecule has 1 aliphatic carbocycles. The van der Waals surface area contributed by atoms with Gasteiger partial charge < -0.3 is 19.7 Å². The van der Waals surface area contributed by atoms with Crippen LogP contribution < -0.4 is 15.0 Å². The first-order valence-corrected chi connectivity index (χ1v) is 12.6. The highest BCUT2D eigenvalue weighted by Gasteiger charge is 2.58. The van der Waals surface area contributed by atoms with Crippen molar-refractivity contribution >= 4 is 32.6 Å². The maximum atomic E-state index is 12.8. The molecule has 3 aliphatic rings. The Labute approximate surface area is 185 Å². The minimum atomic E-state index is -3.40. The SMILES string of the molecule is CNc1nc2ccccc2n1-c1nc2c(c(C3(S(C)(=O)=O)CC3)n1)OCC1COCCN21. The zero-order valence-corrected chi connectivity index (χ0v) is 18.7. The maximum absolute atomic E-state index is 12.8. The summed E-state index contributed by atoms with van der Waals surface area (Å²) in [5, 5.41) is 3.11. The summed E-state index contributed by atoms with van der Waals surface area (Å²) in [5.74, 6) is 2.06. The lowest BCUT2D eigenvalue weighted by atomic mass is 10.1. The number of benzene rings is 1. The van der Waals surface area contributed by atoms with Gasteiger partial charge in [0.15, 0.2) is 21.4 Å². The van der Waals surface area contributed by atoms with Gasteiger partial charge in [0.2, 0.25) is 11.9 Å². The van der Waals surface area contributed by atoms with Crippen LogP contribution in [0.2, 0.25) is 0 Å². The number of hydrogen-bond acceptors (Lipinski definition) is 9. The summed E-state index contributed by atoms with van der Waals surface area (Å²) in [6, 6.07) is 7.75.